The number of aromatic nitrogens is 1. The van der Waals surface area contributed by atoms with Gasteiger partial charge in [-0.15, -0.1) is 11.3 Å². The van der Waals surface area contributed by atoms with Crippen LogP contribution in [-0.2, 0) is 9.53 Å². The largest absolute Gasteiger partial charge is 0.466 e. The number of esters is 1. The number of urea groups is 1. The molecule has 7 rings (SSSR count). The van der Waals surface area contributed by atoms with E-state index in [1.54, 1.807) is 23.2 Å². The lowest BCUT2D eigenvalue weighted by molar-refractivity contribution is -0.136. The van der Waals surface area contributed by atoms with Gasteiger partial charge in [0.05, 0.1) is 24.4 Å². The van der Waals surface area contributed by atoms with Gasteiger partial charge in [0.1, 0.15) is 17.7 Å². The van der Waals surface area contributed by atoms with E-state index in [2.05, 4.69) is 27.0 Å². The molecule has 2 aromatic carbocycles. The Balaban J connectivity index is 1.12. The minimum absolute atomic E-state index is 0.133. The lowest BCUT2D eigenvalue weighted by atomic mass is 9.95. The maximum Gasteiger partial charge on any atom is 0.338 e. The number of nitrogens with one attached hydrogen (secondary N) is 1. The topological polar surface area (TPSA) is 93.6 Å². The van der Waals surface area contributed by atoms with Crippen molar-refractivity contribution >= 4 is 52.1 Å². The summed E-state index contributed by atoms with van der Waals surface area (Å²) in [5.74, 6) is -0.378. The number of carbonyl (C=O) groups excluding carboxylic acids is 2. The number of hydrogen-bond donors (Lipinski definition) is 1. The molecule has 14 heteroatoms. The first kappa shape index (κ1) is 32.5. The first-order valence-corrected chi connectivity index (χ1v) is 17.3. The maximum absolute atomic E-state index is 15.5. The predicted octanol–water partition coefficient (Wildman–Crippen LogP) is 5.46. The molecule has 0 bridgehead atoms. The molecule has 2 amide bonds. The summed E-state index contributed by atoms with van der Waals surface area (Å²) in [6.45, 7) is 6.13. The van der Waals surface area contributed by atoms with E-state index < -0.39 is 23.6 Å². The van der Waals surface area contributed by atoms with E-state index >= 15 is 4.39 Å². The molecule has 0 radical (unpaired) electrons. The van der Waals surface area contributed by atoms with Gasteiger partial charge < -0.3 is 19.9 Å². The van der Waals surface area contributed by atoms with Crippen LogP contribution in [0.3, 0.4) is 0 Å². The van der Waals surface area contributed by atoms with Crippen LogP contribution in [0.2, 0.25) is 5.02 Å². The summed E-state index contributed by atoms with van der Waals surface area (Å²) in [6.07, 6.45) is 3.82. The molecular weight excluding hydrogens is 660 g/mol. The Kier molecular flexibility index (Phi) is 9.10. The Hall–Kier alpha value is -4.07. The third-order valence-electron chi connectivity index (χ3n) is 9.61. The standard InChI is InChI=1S/C34H36ClF2N7O3S/c1-20-7-10-42(11-8-20)22-4-6-28(26(37)16-22)44-18-23-17-41(12-13-43(23)34(44)46)19-27-29(33(45)47-2)30(24-5-3-21(36)15-25(24)35)40-31(39-27)32-38-9-14-48-32/h3-6,9,14-16,20,23,30H,7-8,10-13,17-19H2,1-2H3,(H,39,40)/t23?,30-/m0/s1. The molecule has 5 heterocycles. The number of fused-ring (bicyclic) bond motifs is 1. The van der Waals surface area contributed by atoms with Gasteiger partial charge in [0.15, 0.2) is 10.8 Å². The van der Waals surface area contributed by atoms with E-state index in [1.165, 1.54) is 41.5 Å². The zero-order valence-corrected chi connectivity index (χ0v) is 28.2. The van der Waals surface area contributed by atoms with Crippen LogP contribution in [0.15, 0.2) is 64.2 Å². The van der Waals surface area contributed by atoms with E-state index in [0.29, 0.717) is 60.7 Å². The van der Waals surface area contributed by atoms with Crippen LogP contribution in [-0.4, -0.2) is 91.6 Å². The zero-order valence-electron chi connectivity index (χ0n) is 26.7. The number of rotatable bonds is 7. The number of aliphatic imine (C=N–C) groups is 1. The number of piperidine rings is 1. The van der Waals surface area contributed by atoms with Gasteiger partial charge in [0.25, 0.3) is 0 Å². The molecule has 1 aromatic heterocycles. The normalized spacial score (nSPS) is 22.1. The van der Waals surface area contributed by atoms with E-state index in [4.69, 9.17) is 21.3 Å². The Morgan fingerprint density at radius 1 is 1.10 bits per heavy atom. The molecule has 3 fully saturated rings. The monoisotopic (exact) mass is 695 g/mol. The van der Waals surface area contributed by atoms with Crippen molar-refractivity contribution in [2.24, 2.45) is 10.9 Å². The minimum atomic E-state index is -0.871. The summed E-state index contributed by atoms with van der Waals surface area (Å²) in [6, 6.07) is 7.90. The van der Waals surface area contributed by atoms with E-state index in [0.717, 1.165) is 31.6 Å². The highest BCUT2D eigenvalue weighted by Crippen LogP contribution is 2.38. The van der Waals surface area contributed by atoms with Crippen molar-refractivity contribution in [3.63, 3.8) is 0 Å². The number of anilines is 2. The van der Waals surface area contributed by atoms with Crippen molar-refractivity contribution in [1.29, 1.82) is 0 Å². The lowest BCUT2D eigenvalue weighted by Crippen LogP contribution is -2.53. The predicted molar refractivity (Wildman–Crippen MR) is 182 cm³/mol. The number of amidine groups is 1. The van der Waals surface area contributed by atoms with E-state index in [9.17, 15) is 14.0 Å². The average Bonchev–Trinajstić information content (AvgIpc) is 3.73. The van der Waals surface area contributed by atoms with Crippen LogP contribution in [0.1, 0.15) is 36.4 Å². The van der Waals surface area contributed by atoms with Gasteiger partial charge >= 0.3 is 12.0 Å². The smallest absolute Gasteiger partial charge is 0.338 e. The summed E-state index contributed by atoms with van der Waals surface area (Å²) in [7, 11) is 1.30. The molecule has 1 unspecified atom stereocenters. The first-order valence-electron chi connectivity index (χ1n) is 16.1. The van der Waals surface area contributed by atoms with Crippen molar-refractivity contribution < 1.29 is 23.1 Å². The quantitative estimate of drug-likeness (QED) is 0.329. The second-order valence-corrected chi connectivity index (χ2v) is 14.0. The number of carbonyl (C=O) groups is 2. The number of amides is 2. The van der Waals surface area contributed by atoms with Crippen LogP contribution in [0.25, 0.3) is 0 Å². The summed E-state index contributed by atoms with van der Waals surface area (Å²) < 4.78 is 34.8. The molecule has 2 atom stereocenters. The molecule has 3 saturated heterocycles. The third kappa shape index (κ3) is 6.26. The third-order valence-corrected chi connectivity index (χ3v) is 10.7. The molecule has 0 aliphatic carbocycles. The van der Waals surface area contributed by atoms with Crippen molar-refractivity contribution in [2.45, 2.75) is 31.8 Å². The van der Waals surface area contributed by atoms with Crippen molar-refractivity contribution in [3.8, 4) is 0 Å². The maximum atomic E-state index is 15.5. The average molecular weight is 696 g/mol. The number of benzene rings is 2. The molecule has 0 spiro atoms. The van der Waals surface area contributed by atoms with Crippen LogP contribution < -0.4 is 15.1 Å². The highest BCUT2D eigenvalue weighted by molar-refractivity contribution is 7.11. The number of ether oxygens (including phenoxy) is 1. The molecular formula is C34H36ClF2N7O3S. The van der Waals surface area contributed by atoms with Crippen LogP contribution in [0.4, 0.5) is 25.0 Å². The molecule has 4 aliphatic rings. The molecule has 0 saturated carbocycles. The first-order chi connectivity index (χ1) is 23.2. The van der Waals surface area contributed by atoms with Crippen LogP contribution >= 0.6 is 22.9 Å². The number of nitrogens with zero attached hydrogens (tertiary/aromatic N) is 6. The number of methoxy groups -OCH3 is 1. The molecule has 4 aliphatic heterocycles. The molecule has 3 aromatic rings. The SMILES string of the molecule is COC(=O)C1=C(CN2CCN3C(=O)N(c4ccc(N5CCC(C)CC5)cc4F)CC3C2)NC(c2nccs2)=N[C@H]1c1ccc(F)cc1Cl. The van der Waals surface area contributed by atoms with Gasteiger partial charge in [0, 0.05) is 79.4 Å². The summed E-state index contributed by atoms with van der Waals surface area (Å²) in [4.78, 5) is 43.8. The second kappa shape index (κ2) is 13.4. The lowest BCUT2D eigenvalue weighted by Gasteiger charge is -2.38. The Morgan fingerprint density at radius 2 is 1.92 bits per heavy atom. The number of thiazole rings is 1. The van der Waals surface area contributed by atoms with Gasteiger partial charge in [-0.25, -0.2) is 23.4 Å². The second-order valence-electron chi connectivity index (χ2n) is 12.7. The van der Waals surface area contributed by atoms with Gasteiger partial charge in [-0.1, -0.05) is 24.6 Å². The number of piperazine rings is 1. The highest BCUT2D eigenvalue weighted by Gasteiger charge is 2.43. The number of halogens is 3. The Morgan fingerprint density at radius 3 is 2.62 bits per heavy atom. The van der Waals surface area contributed by atoms with E-state index in [-0.39, 0.29) is 28.4 Å². The molecule has 1 N–H and O–H groups in total. The van der Waals surface area contributed by atoms with Gasteiger partial charge in [-0.2, -0.15) is 0 Å². The number of hydrogen-bond acceptors (Lipinski definition) is 9. The van der Waals surface area contributed by atoms with Gasteiger partial charge in [0.2, 0.25) is 0 Å². The summed E-state index contributed by atoms with van der Waals surface area (Å²) in [5, 5.41) is 5.89. The Bertz CT molecular complexity index is 1780. The Labute approximate surface area is 286 Å². The van der Waals surface area contributed by atoms with Crippen LogP contribution in [0, 0.1) is 17.6 Å². The fourth-order valence-electron chi connectivity index (χ4n) is 6.99. The highest BCUT2D eigenvalue weighted by atomic mass is 35.5. The fraction of sp³-hybridized carbons (Fsp3) is 0.412. The molecule has 10 nitrogen and oxygen atoms in total. The van der Waals surface area contributed by atoms with Gasteiger partial charge in [-0.05, 0) is 49.1 Å². The van der Waals surface area contributed by atoms with E-state index in [1.807, 2.05) is 11.4 Å². The van der Waals surface area contributed by atoms with Gasteiger partial charge in [-0.3, -0.25) is 14.8 Å². The van der Waals surface area contributed by atoms with Crippen molar-refractivity contribution in [1.82, 2.24) is 20.1 Å². The molecule has 252 valence electrons. The van der Waals surface area contributed by atoms with Crippen molar-refractivity contribution in [3.05, 3.63) is 86.5 Å². The minimum Gasteiger partial charge on any atom is -0.466 e. The van der Waals surface area contributed by atoms with Crippen LogP contribution in [0.5, 0.6) is 0 Å². The van der Waals surface area contributed by atoms with Crippen molar-refractivity contribution in [2.75, 3.05) is 62.7 Å². The fourth-order valence-corrected chi connectivity index (χ4v) is 7.84. The summed E-state index contributed by atoms with van der Waals surface area (Å²) in [5.41, 5.74) is 2.38. The summed E-state index contributed by atoms with van der Waals surface area (Å²) >= 11 is 7.88. The zero-order chi connectivity index (χ0) is 33.5. The molecule has 48 heavy (non-hydrogen) atoms.